The molecule has 0 saturated carbocycles. The molecule has 3 aromatic rings. The monoisotopic (exact) mass is 355 g/mol. The third-order valence-corrected chi connectivity index (χ3v) is 4.12. The van der Waals surface area contributed by atoms with Crippen molar-refractivity contribution in [2.75, 3.05) is 6.54 Å². The molecular formula is C19H18FN3O3. The van der Waals surface area contributed by atoms with E-state index in [-0.39, 0.29) is 24.8 Å². The van der Waals surface area contributed by atoms with E-state index >= 15 is 0 Å². The van der Waals surface area contributed by atoms with E-state index in [9.17, 15) is 14.0 Å². The topological polar surface area (TPSA) is 97.4 Å². The Bertz CT molecular complexity index is 981. The van der Waals surface area contributed by atoms with E-state index < -0.39 is 12.5 Å². The van der Waals surface area contributed by atoms with Crippen molar-refractivity contribution < 1.29 is 19.1 Å². The molecule has 4 N–H and O–H groups in total. The highest BCUT2D eigenvalue weighted by atomic mass is 19.1. The summed E-state index contributed by atoms with van der Waals surface area (Å²) in [6.45, 7) is -0.291. The molecule has 0 aliphatic carbocycles. The molecule has 2 aromatic carbocycles. The van der Waals surface area contributed by atoms with Gasteiger partial charge in [-0.1, -0.05) is 18.2 Å². The van der Waals surface area contributed by atoms with E-state index in [1.807, 2.05) is 24.3 Å². The molecule has 0 spiro atoms. The molecule has 1 heterocycles. The van der Waals surface area contributed by atoms with Crippen LogP contribution in [0, 0.1) is 5.82 Å². The van der Waals surface area contributed by atoms with Crippen LogP contribution >= 0.6 is 0 Å². The Morgan fingerprint density at radius 3 is 2.58 bits per heavy atom. The van der Waals surface area contributed by atoms with Crippen molar-refractivity contribution in [1.29, 1.82) is 0 Å². The predicted molar refractivity (Wildman–Crippen MR) is 95.9 cm³/mol. The third-order valence-electron chi connectivity index (χ3n) is 4.12. The van der Waals surface area contributed by atoms with Gasteiger partial charge < -0.3 is 20.7 Å². The number of fused-ring (bicyclic) bond motifs is 1. The quantitative estimate of drug-likeness (QED) is 0.631. The van der Waals surface area contributed by atoms with Gasteiger partial charge in [0.25, 0.3) is 0 Å². The second-order valence-corrected chi connectivity index (χ2v) is 5.90. The van der Waals surface area contributed by atoms with Gasteiger partial charge in [0.05, 0.1) is 0 Å². The summed E-state index contributed by atoms with van der Waals surface area (Å²) >= 11 is 0. The normalized spacial score (nSPS) is 10.8. The number of halogens is 1. The van der Waals surface area contributed by atoms with Gasteiger partial charge >= 0.3 is 5.97 Å². The number of carbonyl (C=O) groups excluding carboxylic acids is 1. The Balaban J connectivity index is 1.91. The Morgan fingerprint density at radius 2 is 1.85 bits per heavy atom. The zero-order valence-corrected chi connectivity index (χ0v) is 13.9. The number of nitrogens with two attached hydrogens (primary N) is 1. The smallest absolute Gasteiger partial charge is 0.322 e. The molecule has 134 valence electrons. The van der Waals surface area contributed by atoms with Crippen LogP contribution < -0.4 is 11.1 Å². The summed E-state index contributed by atoms with van der Waals surface area (Å²) < 4.78 is 15.4. The summed E-state index contributed by atoms with van der Waals surface area (Å²) in [6.07, 6.45) is 1.77. The lowest BCUT2D eigenvalue weighted by Crippen LogP contribution is -2.31. The van der Waals surface area contributed by atoms with Crippen LogP contribution in [-0.4, -0.2) is 28.1 Å². The Hall–Kier alpha value is -3.19. The highest BCUT2D eigenvalue weighted by Gasteiger charge is 2.10. The second-order valence-electron chi connectivity index (χ2n) is 5.90. The summed E-state index contributed by atoms with van der Waals surface area (Å²) in [5.41, 5.74) is 8.54. The maximum atomic E-state index is 13.7. The predicted octanol–water partition coefficient (Wildman–Crippen LogP) is 2.11. The fraction of sp³-hybridized carbons (Fsp3) is 0.158. The number of hydrogen-bond donors (Lipinski definition) is 3. The number of benzene rings is 2. The van der Waals surface area contributed by atoms with Gasteiger partial charge in [0.1, 0.15) is 18.9 Å². The van der Waals surface area contributed by atoms with Crippen LogP contribution in [0.15, 0.2) is 48.7 Å². The first kappa shape index (κ1) is 17.6. The second kappa shape index (κ2) is 7.37. The Morgan fingerprint density at radius 1 is 1.12 bits per heavy atom. The van der Waals surface area contributed by atoms with Gasteiger partial charge in [0.2, 0.25) is 5.91 Å². The summed E-state index contributed by atoms with van der Waals surface area (Å²) in [5, 5.41) is 11.9. The van der Waals surface area contributed by atoms with E-state index in [2.05, 4.69) is 5.32 Å². The number of amides is 1. The van der Waals surface area contributed by atoms with Crippen LogP contribution in [0.5, 0.6) is 0 Å². The maximum absolute atomic E-state index is 13.7. The minimum absolute atomic E-state index is 0.0116. The van der Waals surface area contributed by atoms with Gasteiger partial charge in [-0.05, 0) is 40.8 Å². The van der Waals surface area contributed by atoms with E-state index in [0.717, 1.165) is 22.0 Å². The standard InChI is InChI=1S/C19H18FN3O3/c20-16-4-3-13(7-15(16)9-21)14-2-1-12-5-6-23(17(12)8-14)11-18(24)22-10-19(25)26/h1-8H,9-11,21H2,(H,22,24)(H,25,26). The number of hydrogen-bond acceptors (Lipinski definition) is 3. The summed E-state index contributed by atoms with van der Waals surface area (Å²) in [5.74, 6) is -1.82. The lowest BCUT2D eigenvalue weighted by Gasteiger charge is -2.09. The molecule has 0 unspecified atom stereocenters. The van der Waals surface area contributed by atoms with Gasteiger partial charge in [-0.25, -0.2) is 4.39 Å². The molecule has 3 rings (SSSR count). The zero-order valence-electron chi connectivity index (χ0n) is 13.9. The van der Waals surface area contributed by atoms with Crippen molar-refractivity contribution in [3.63, 3.8) is 0 Å². The first-order valence-corrected chi connectivity index (χ1v) is 8.04. The Labute approximate surface area is 149 Å². The minimum Gasteiger partial charge on any atom is -0.480 e. The molecule has 0 aliphatic rings. The number of carbonyl (C=O) groups is 2. The molecule has 0 bridgehead atoms. The lowest BCUT2D eigenvalue weighted by molar-refractivity contribution is -0.138. The van der Waals surface area contributed by atoms with Crippen LogP contribution in [-0.2, 0) is 22.7 Å². The van der Waals surface area contributed by atoms with E-state index in [4.69, 9.17) is 10.8 Å². The van der Waals surface area contributed by atoms with Gasteiger partial charge in [-0.3, -0.25) is 9.59 Å². The molecule has 1 aromatic heterocycles. The molecule has 1 amide bonds. The van der Waals surface area contributed by atoms with Gasteiger partial charge in [-0.2, -0.15) is 0 Å². The highest BCUT2D eigenvalue weighted by Crippen LogP contribution is 2.26. The van der Waals surface area contributed by atoms with Gasteiger partial charge in [0.15, 0.2) is 0 Å². The molecule has 0 atom stereocenters. The maximum Gasteiger partial charge on any atom is 0.322 e. The molecular weight excluding hydrogens is 337 g/mol. The van der Waals surface area contributed by atoms with Crippen molar-refractivity contribution in [3.8, 4) is 11.1 Å². The van der Waals surface area contributed by atoms with E-state index in [1.54, 1.807) is 22.9 Å². The number of aromatic nitrogens is 1. The van der Waals surface area contributed by atoms with Crippen molar-refractivity contribution in [1.82, 2.24) is 9.88 Å². The number of nitrogens with one attached hydrogen (secondary N) is 1. The van der Waals surface area contributed by atoms with Crippen LogP contribution in [0.4, 0.5) is 4.39 Å². The summed E-state index contributed by atoms with van der Waals surface area (Å²) in [4.78, 5) is 22.4. The van der Waals surface area contributed by atoms with Gasteiger partial charge in [0, 0.05) is 23.8 Å². The summed E-state index contributed by atoms with van der Waals surface area (Å²) in [7, 11) is 0. The molecule has 0 aliphatic heterocycles. The first-order chi connectivity index (χ1) is 12.5. The number of nitrogens with zero attached hydrogens (tertiary/aromatic N) is 1. The molecule has 0 fully saturated rings. The number of carboxylic acid groups (broad SMARTS) is 1. The largest absolute Gasteiger partial charge is 0.480 e. The number of rotatable bonds is 6. The fourth-order valence-electron chi connectivity index (χ4n) is 2.80. The molecule has 7 heteroatoms. The highest BCUT2D eigenvalue weighted by molar-refractivity contribution is 5.88. The average Bonchev–Trinajstić information content (AvgIpc) is 3.02. The fourth-order valence-corrected chi connectivity index (χ4v) is 2.80. The van der Waals surface area contributed by atoms with Crippen molar-refractivity contribution in [2.45, 2.75) is 13.1 Å². The molecule has 0 radical (unpaired) electrons. The van der Waals surface area contributed by atoms with E-state index in [0.29, 0.717) is 5.56 Å². The van der Waals surface area contributed by atoms with Crippen LogP contribution in [0.2, 0.25) is 0 Å². The minimum atomic E-state index is -1.09. The third kappa shape index (κ3) is 3.73. The van der Waals surface area contributed by atoms with Crippen molar-refractivity contribution >= 4 is 22.8 Å². The van der Waals surface area contributed by atoms with Crippen LogP contribution in [0.1, 0.15) is 5.56 Å². The SMILES string of the molecule is NCc1cc(-c2ccc3ccn(CC(=O)NCC(=O)O)c3c2)ccc1F. The van der Waals surface area contributed by atoms with Crippen LogP contribution in [0.25, 0.3) is 22.0 Å². The summed E-state index contributed by atoms with van der Waals surface area (Å²) in [6, 6.07) is 12.4. The lowest BCUT2D eigenvalue weighted by atomic mass is 10.0. The molecule has 0 saturated heterocycles. The average molecular weight is 355 g/mol. The number of aliphatic carboxylic acids is 1. The first-order valence-electron chi connectivity index (χ1n) is 8.04. The molecule has 26 heavy (non-hydrogen) atoms. The molecule has 6 nitrogen and oxygen atoms in total. The van der Waals surface area contributed by atoms with Crippen molar-refractivity contribution in [2.24, 2.45) is 5.73 Å². The Kier molecular flexibility index (Phi) is 4.99. The van der Waals surface area contributed by atoms with Gasteiger partial charge in [-0.15, -0.1) is 0 Å². The van der Waals surface area contributed by atoms with E-state index in [1.165, 1.54) is 6.07 Å². The van der Waals surface area contributed by atoms with Crippen molar-refractivity contribution in [3.05, 3.63) is 60.0 Å². The van der Waals surface area contributed by atoms with Crippen LogP contribution in [0.3, 0.4) is 0 Å². The number of carboxylic acids is 1. The zero-order chi connectivity index (χ0) is 18.7.